The Labute approximate surface area is 147 Å². The Balaban J connectivity index is 1.86. The van der Waals surface area contributed by atoms with E-state index in [0.717, 1.165) is 11.1 Å². The monoisotopic (exact) mass is 338 g/mol. The number of hydrazone groups is 1. The molecule has 2 aromatic rings. The van der Waals surface area contributed by atoms with Crippen LogP contribution in [-0.4, -0.2) is 29.4 Å². The van der Waals surface area contributed by atoms with Crippen LogP contribution in [0.3, 0.4) is 0 Å². The maximum atomic E-state index is 11.5. The fraction of sp³-hybridized carbons (Fsp3) is 0.200. The van der Waals surface area contributed by atoms with Crippen LogP contribution in [0.4, 0.5) is 0 Å². The van der Waals surface area contributed by atoms with Crippen molar-refractivity contribution in [3.63, 3.8) is 0 Å². The highest BCUT2D eigenvalue weighted by Gasteiger charge is 2.22. The van der Waals surface area contributed by atoms with E-state index >= 15 is 0 Å². The van der Waals surface area contributed by atoms with Crippen molar-refractivity contribution in [3.05, 3.63) is 71.8 Å². The maximum Gasteiger partial charge on any atom is 0.271 e. The molecule has 0 saturated heterocycles. The van der Waals surface area contributed by atoms with E-state index in [1.54, 1.807) is 0 Å². The third-order valence-corrected chi connectivity index (χ3v) is 3.25. The Hall–Kier alpha value is -2.92. The molecule has 0 aliphatic heterocycles. The Kier molecular flexibility index (Phi) is 6.48. The summed E-state index contributed by atoms with van der Waals surface area (Å²) in [5, 5.41) is 13.3. The lowest BCUT2D eigenvalue weighted by molar-refractivity contribution is -0.136. The average molecular weight is 338 g/mol. The molecule has 2 rings (SSSR count). The quantitative estimate of drug-likeness (QED) is 0.602. The molecule has 0 aliphatic carbocycles. The van der Waals surface area contributed by atoms with Crippen LogP contribution in [-0.2, 0) is 4.79 Å². The zero-order chi connectivity index (χ0) is 18.1. The lowest BCUT2D eigenvalue weighted by Crippen LogP contribution is -2.39. The first-order valence-corrected chi connectivity index (χ1v) is 7.95. The lowest BCUT2D eigenvalue weighted by atomic mass is 10.1. The van der Waals surface area contributed by atoms with Crippen LogP contribution in [0, 0.1) is 0 Å². The van der Waals surface area contributed by atoms with Gasteiger partial charge in [0.05, 0.1) is 6.21 Å². The van der Waals surface area contributed by atoms with Crippen molar-refractivity contribution in [1.29, 1.82) is 0 Å². The molecule has 0 aliphatic rings. The zero-order valence-electron chi connectivity index (χ0n) is 14.3. The second kappa shape index (κ2) is 8.80. The van der Waals surface area contributed by atoms with E-state index in [0.29, 0.717) is 12.4 Å². The number of rotatable bonds is 7. The Morgan fingerprint density at radius 1 is 1.16 bits per heavy atom. The van der Waals surface area contributed by atoms with Crippen molar-refractivity contribution in [2.45, 2.75) is 19.4 Å². The summed E-state index contributed by atoms with van der Waals surface area (Å²) in [4.78, 5) is 11.5. The molecule has 0 unspecified atom stereocenters. The molecule has 0 saturated carbocycles. The van der Waals surface area contributed by atoms with Crippen molar-refractivity contribution in [1.82, 2.24) is 5.43 Å². The van der Waals surface area contributed by atoms with E-state index < -0.39 is 11.5 Å². The maximum absolute atomic E-state index is 11.5. The largest absolute Gasteiger partial charge is 0.490 e. The molecule has 2 N–H and O–H groups in total. The van der Waals surface area contributed by atoms with Gasteiger partial charge in [0.15, 0.2) is 0 Å². The highest BCUT2D eigenvalue weighted by Crippen LogP contribution is 2.12. The number of ether oxygens (including phenoxy) is 1. The van der Waals surface area contributed by atoms with Crippen LogP contribution < -0.4 is 10.2 Å². The summed E-state index contributed by atoms with van der Waals surface area (Å²) in [6.45, 7) is 3.25. The standard InChI is InChI=1S/C20H22N2O3/c1-20(2,24)19(23)22-21-15-17-10-6-12-18(14-17)25-13-7-11-16-8-4-3-5-9-16/h3-12,14-15,24H,13H2,1-2H3,(H,22,23). The molecule has 0 atom stereocenters. The number of aliphatic hydroxyl groups is 1. The molecule has 2 aromatic carbocycles. The molecule has 0 radical (unpaired) electrons. The van der Waals surface area contributed by atoms with Gasteiger partial charge < -0.3 is 9.84 Å². The molecular weight excluding hydrogens is 316 g/mol. The van der Waals surface area contributed by atoms with Gasteiger partial charge in [-0.05, 0) is 43.2 Å². The number of amides is 1. The summed E-state index contributed by atoms with van der Waals surface area (Å²) >= 11 is 0. The average Bonchev–Trinajstić information content (AvgIpc) is 2.59. The minimum atomic E-state index is -1.46. The number of carbonyl (C=O) groups excluding carboxylic acids is 1. The summed E-state index contributed by atoms with van der Waals surface area (Å²) in [5.41, 5.74) is 2.72. The molecule has 0 spiro atoms. The first-order valence-electron chi connectivity index (χ1n) is 7.95. The van der Waals surface area contributed by atoms with Crippen LogP contribution >= 0.6 is 0 Å². The zero-order valence-corrected chi connectivity index (χ0v) is 14.3. The van der Waals surface area contributed by atoms with Crippen LogP contribution in [0.15, 0.2) is 65.8 Å². The molecule has 0 fully saturated rings. The molecule has 5 nitrogen and oxygen atoms in total. The normalized spacial score (nSPS) is 11.8. The number of nitrogens with one attached hydrogen (secondary N) is 1. The number of carbonyl (C=O) groups is 1. The number of benzene rings is 2. The van der Waals surface area contributed by atoms with Crippen LogP contribution in [0.2, 0.25) is 0 Å². The fourth-order valence-corrected chi connectivity index (χ4v) is 1.88. The highest BCUT2D eigenvalue weighted by molar-refractivity contribution is 5.86. The van der Waals surface area contributed by atoms with Gasteiger partial charge in [-0.25, -0.2) is 5.43 Å². The molecule has 0 aromatic heterocycles. The van der Waals surface area contributed by atoms with Crippen LogP contribution in [0.1, 0.15) is 25.0 Å². The van der Waals surface area contributed by atoms with E-state index in [2.05, 4.69) is 10.5 Å². The molecule has 130 valence electrons. The van der Waals surface area contributed by atoms with Gasteiger partial charge in [0.2, 0.25) is 0 Å². The first kappa shape index (κ1) is 18.4. The van der Waals surface area contributed by atoms with E-state index in [9.17, 15) is 9.90 Å². The topological polar surface area (TPSA) is 70.9 Å². The van der Waals surface area contributed by atoms with Gasteiger partial charge in [0.1, 0.15) is 18.0 Å². The van der Waals surface area contributed by atoms with Gasteiger partial charge in [0, 0.05) is 0 Å². The SMILES string of the molecule is CC(C)(O)C(=O)NN=Cc1cccc(OCC=Cc2ccccc2)c1. The van der Waals surface area contributed by atoms with Crippen molar-refractivity contribution >= 4 is 18.2 Å². The molecule has 0 bridgehead atoms. The third-order valence-electron chi connectivity index (χ3n) is 3.25. The van der Waals surface area contributed by atoms with E-state index in [1.165, 1.54) is 20.1 Å². The molecular formula is C20H22N2O3. The van der Waals surface area contributed by atoms with Gasteiger partial charge in [-0.2, -0.15) is 5.10 Å². The molecule has 5 heteroatoms. The van der Waals surface area contributed by atoms with E-state index in [-0.39, 0.29) is 0 Å². The smallest absolute Gasteiger partial charge is 0.271 e. The Morgan fingerprint density at radius 3 is 2.60 bits per heavy atom. The molecule has 0 heterocycles. The minimum absolute atomic E-state index is 0.449. The second-order valence-electron chi connectivity index (χ2n) is 5.95. The van der Waals surface area contributed by atoms with E-state index in [4.69, 9.17) is 4.74 Å². The van der Waals surface area contributed by atoms with Crippen LogP contribution in [0.5, 0.6) is 5.75 Å². The second-order valence-corrected chi connectivity index (χ2v) is 5.95. The molecule has 25 heavy (non-hydrogen) atoms. The lowest BCUT2D eigenvalue weighted by Gasteiger charge is -2.13. The fourth-order valence-electron chi connectivity index (χ4n) is 1.88. The predicted octanol–water partition coefficient (Wildman–Crippen LogP) is 3.00. The Morgan fingerprint density at radius 2 is 1.88 bits per heavy atom. The van der Waals surface area contributed by atoms with Gasteiger partial charge in [-0.1, -0.05) is 48.5 Å². The van der Waals surface area contributed by atoms with Gasteiger partial charge in [-0.3, -0.25) is 4.79 Å². The van der Waals surface area contributed by atoms with Gasteiger partial charge in [-0.15, -0.1) is 0 Å². The summed E-state index contributed by atoms with van der Waals surface area (Å²) < 4.78 is 5.67. The number of hydrogen-bond acceptors (Lipinski definition) is 4. The van der Waals surface area contributed by atoms with E-state index in [1.807, 2.05) is 66.7 Å². The summed E-state index contributed by atoms with van der Waals surface area (Å²) in [6.07, 6.45) is 5.44. The number of nitrogens with zero attached hydrogens (tertiary/aromatic N) is 1. The Bertz CT molecular complexity index is 747. The third kappa shape index (κ3) is 6.61. The molecule has 1 amide bonds. The summed E-state index contributed by atoms with van der Waals surface area (Å²) in [5.74, 6) is 0.137. The summed E-state index contributed by atoms with van der Waals surface area (Å²) in [6, 6.07) is 17.3. The van der Waals surface area contributed by atoms with Gasteiger partial charge in [0.25, 0.3) is 5.91 Å². The minimum Gasteiger partial charge on any atom is -0.490 e. The first-order chi connectivity index (χ1) is 11.9. The summed E-state index contributed by atoms with van der Waals surface area (Å²) in [7, 11) is 0. The van der Waals surface area contributed by atoms with Crippen molar-refractivity contribution in [2.24, 2.45) is 5.10 Å². The van der Waals surface area contributed by atoms with Crippen molar-refractivity contribution in [3.8, 4) is 5.75 Å². The van der Waals surface area contributed by atoms with Crippen LogP contribution in [0.25, 0.3) is 6.08 Å². The van der Waals surface area contributed by atoms with Crippen molar-refractivity contribution < 1.29 is 14.6 Å². The highest BCUT2D eigenvalue weighted by atomic mass is 16.5. The van der Waals surface area contributed by atoms with Crippen molar-refractivity contribution in [2.75, 3.05) is 6.61 Å². The van der Waals surface area contributed by atoms with Gasteiger partial charge >= 0.3 is 0 Å². The number of hydrogen-bond donors (Lipinski definition) is 2. The predicted molar refractivity (Wildman–Crippen MR) is 99.4 cm³/mol.